The van der Waals surface area contributed by atoms with Gasteiger partial charge < -0.3 is 20.9 Å². The smallest absolute Gasteiger partial charge is 0.321 e. The lowest BCUT2D eigenvalue weighted by atomic mass is 10.0. The van der Waals surface area contributed by atoms with E-state index in [0.717, 1.165) is 23.3 Å². The van der Waals surface area contributed by atoms with Gasteiger partial charge in [-0.15, -0.1) is 0 Å². The minimum Gasteiger partial charge on any atom is -0.496 e. The summed E-state index contributed by atoms with van der Waals surface area (Å²) in [4.78, 5) is 10.6. The van der Waals surface area contributed by atoms with Gasteiger partial charge in [-0.2, -0.15) is 0 Å². The molecule has 0 spiro atoms. The standard InChI is InChI=1S/C14H22N2O3/c1-9-6-10(2)13(19-3)11(7-9)4-5-16-8-12(15)14(17)18/h6-7,12,16H,4-5,8,15H2,1-3H3,(H,17,18). The zero-order valence-corrected chi connectivity index (χ0v) is 11.7. The van der Waals surface area contributed by atoms with E-state index in [-0.39, 0.29) is 6.54 Å². The first-order valence-electron chi connectivity index (χ1n) is 6.29. The lowest BCUT2D eigenvalue weighted by Gasteiger charge is -2.14. The Balaban J connectivity index is 2.56. The van der Waals surface area contributed by atoms with E-state index in [1.165, 1.54) is 5.56 Å². The zero-order valence-electron chi connectivity index (χ0n) is 11.7. The maximum absolute atomic E-state index is 10.6. The fraction of sp³-hybridized carbons (Fsp3) is 0.500. The van der Waals surface area contributed by atoms with Crippen LogP contribution in [-0.2, 0) is 11.2 Å². The molecule has 0 radical (unpaired) electrons. The van der Waals surface area contributed by atoms with Crippen molar-refractivity contribution >= 4 is 5.97 Å². The third-order valence-electron chi connectivity index (χ3n) is 2.95. The molecule has 4 N–H and O–H groups in total. The molecule has 0 aliphatic rings. The number of hydrogen-bond donors (Lipinski definition) is 3. The molecule has 0 aliphatic heterocycles. The van der Waals surface area contributed by atoms with Crippen LogP contribution >= 0.6 is 0 Å². The van der Waals surface area contributed by atoms with Crippen LogP contribution in [-0.4, -0.2) is 37.3 Å². The molecule has 19 heavy (non-hydrogen) atoms. The van der Waals surface area contributed by atoms with Crippen LogP contribution in [0, 0.1) is 13.8 Å². The minimum absolute atomic E-state index is 0.266. The average molecular weight is 266 g/mol. The minimum atomic E-state index is -0.989. The Kier molecular flexibility index (Phi) is 5.79. The van der Waals surface area contributed by atoms with E-state index in [4.69, 9.17) is 15.6 Å². The molecule has 1 rings (SSSR count). The number of methoxy groups -OCH3 is 1. The molecule has 0 heterocycles. The molecule has 5 nitrogen and oxygen atoms in total. The average Bonchev–Trinajstić information content (AvgIpc) is 2.33. The van der Waals surface area contributed by atoms with Gasteiger partial charge in [0.1, 0.15) is 11.8 Å². The lowest BCUT2D eigenvalue weighted by molar-refractivity contribution is -0.138. The van der Waals surface area contributed by atoms with E-state index in [1.54, 1.807) is 7.11 Å². The molecule has 0 fully saturated rings. The van der Waals surface area contributed by atoms with Crippen molar-refractivity contribution in [2.24, 2.45) is 5.73 Å². The van der Waals surface area contributed by atoms with Gasteiger partial charge in [0.25, 0.3) is 0 Å². The maximum Gasteiger partial charge on any atom is 0.321 e. The molecule has 5 heteroatoms. The van der Waals surface area contributed by atoms with Gasteiger partial charge in [0.15, 0.2) is 0 Å². The van der Waals surface area contributed by atoms with E-state index in [2.05, 4.69) is 17.4 Å². The number of carboxylic acid groups (broad SMARTS) is 1. The summed E-state index contributed by atoms with van der Waals surface area (Å²) < 4.78 is 5.40. The first kappa shape index (κ1) is 15.5. The topological polar surface area (TPSA) is 84.6 Å². The fourth-order valence-corrected chi connectivity index (χ4v) is 2.09. The van der Waals surface area contributed by atoms with E-state index in [1.807, 2.05) is 13.8 Å². The summed E-state index contributed by atoms with van der Waals surface area (Å²) in [6.07, 6.45) is 0.776. The quantitative estimate of drug-likeness (QED) is 0.637. The van der Waals surface area contributed by atoms with Gasteiger partial charge in [-0.25, -0.2) is 0 Å². The van der Waals surface area contributed by atoms with Crippen LogP contribution in [0.15, 0.2) is 12.1 Å². The Morgan fingerprint density at radius 2 is 2.16 bits per heavy atom. The second-order valence-electron chi connectivity index (χ2n) is 4.67. The van der Waals surface area contributed by atoms with Crippen molar-refractivity contribution in [3.63, 3.8) is 0 Å². The molecule has 0 aliphatic carbocycles. The summed E-state index contributed by atoms with van der Waals surface area (Å²) in [5.74, 6) is -0.0913. The van der Waals surface area contributed by atoms with Crippen LogP contribution in [0.3, 0.4) is 0 Å². The van der Waals surface area contributed by atoms with Crippen LogP contribution in [0.5, 0.6) is 5.75 Å². The molecule has 0 aromatic heterocycles. The van der Waals surface area contributed by atoms with Crippen LogP contribution in [0.25, 0.3) is 0 Å². The summed E-state index contributed by atoms with van der Waals surface area (Å²) in [5, 5.41) is 11.7. The van der Waals surface area contributed by atoms with E-state index in [9.17, 15) is 4.79 Å². The number of nitrogens with two attached hydrogens (primary N) is 1. The van der Waals surface area contributed by atoms with Gasteiger partial charge in [-0.1, -0.05) is 17.7 Å². The van der Waals surface area contributed by atoms with Crippen LogP contribution in [0.4, 0.5) is 0 Å². The predicted molar refractivity (Wildman–Crippen MR) is 74.7 cm³/mol. The second kappa shape index (κ2) is 7.11. The Labute approximate surface area is 113 Å². The van der Waals surface area contributed by atoms with E-state index in [0.29, 0.717) is 6.54 Å². The van der Waals surface area contributed by atoms with Gasteiger partial charge in [0.2, 0.25) is 0 Å². The molecule has 1 aromatic carbocycles. The van der Waals surface area contributed by atoms with Crippen molar-refractivity contribution in [1.82, 2.24) is 5.32 Å². The third-order valence-corrected chi connectivity index (χ3v) is 2.95. The number of aryl methyl sites for hydroxylation is 2. The number of carboxylic acids is 1. The zero-order chi connectivity index (χ0) is 14.4. The number of carbonyl (C=O) groups is 1. The molecule has 0 bridgehead atoms. The third kappa shape index (κ3) is 4.54. The van der Waals surface area contributed by atoms with E-state index >= 15 is 0 Å². The summed E-state index contributed by atoms with van der Waals surface area (Å²) in [6.45, 7) is 5.00. The van der Waals surface area contributed by atoms with Gasteiger partial charge in [-0.05, 0) is 37.9 Å². The Morgan fingerprint density at radius 3 is 2.74 bits per heavy atom. The number of benzene rings is 1. The van der Waals surface area contributed by atoms with Crippen molar-refractivity contribution in [3.8, 4) is 5.75 Å². The summed E-state index contributed by atoms with van der Waals surface area (Å²) in [7, 11) is 1.66. The maximum atomic E-state index is 10.6. The number of rotatable bonds is 7. The van der Waals surface area contributed by atoms with Gasteiger partial charge in [0.05, 0.1) is 7.11 Å². The highest BCUT2D eigenvalue weighted by molar-refractivity contribution is 5.73. The van der Waals surface area contributed by atoms with Crippen molar-refractivity contribution in [1.29, 1.82) is 0 Å². The molecule has 106 valence electrons. The number of ether oxygens (including phenoxy) is 1. The normalized spacial score (nSPS) is 12.2. The Morgan fingerprint density at radius 1 is 1.47 bits per heavy atom. The van der Waals surface area contributed by atoms with E-state index < -0.39 is 12.0 Å². The van der Waals surface area contributed by atoms with Crippen molar-refractivity contribution in [2.75, 3.05) is 20.2 Å². The number of nitrogens with one attached hydrogen (secondary N) is 1. The highest BCUT2D eigenvalue weighted by atomic mass is 16.5. The second-order valence-corrected chi connectivity index (χ2v) is 4.67. The first-order chi connectivity index (χ1) is 8.95. The van der Waals surface area contributed by atoms with Crippen molar-refractivity contribution in [2.45, 2.75) is 26.3 Å². The summed E-state index contributed by atoms with van der Waals surface area (Å²) in [5.41, 5.74) is 8.84. The van der Waals surface area contributed by atoms with Gasteiger partial charge in [0, 0.05) is 6.54 Å². The number of hydrogen-bond acceptors (Lipinski definition) is 4. The lowest BCUT2D eigenvalue weighted by Crippen LogP contribution is -2.40. The predicted octanol–water partition coefficient (Wildman–Crippen LogP) is 0.856. The highest BCUT2D eigenvalue weighted by Crippen LogP contribution is 2.25. The monoisotopic (exact) mass is 266 g/mol. The molecule has 1 atom stereocenters. The number of aliphatic carboxylic acids is 1. The Hall–Kier alpha value is -1.59. The summed E-state index contributed by atoms with van der Waals surface area (Å²) >= 11 is 0. The first-order valence-corrected chi connectivity index (χ1v) is 6.29. The fourth-order valence-electron chi connectivity index (χ4n) is 2.09. The molecular weight excluding hydrogens is 244 g/mol. The molecule has 1 aromatic rings. The van der Waals surface area contributed by atoms with Crippen molar-refractivity contribution < 1.29 is 14.6 Å². The molecule has 0 saturated heterocycles. The SMILES string of the molecule is COc1c(C)cc(C)cc1CCNCC(N)C(=O)O. The van der Waals surface area contributed by atoms with Crippen LogP contribution < -0.4 is 15.8 Å². The van der Waals surface area contributed by atoms with Crippen LogP contribution in [0.2, 0.25) is 0 Å². The molecule has 1 unspecified atom stereocenters. The van der Waals surface area contributed by atoms with Crippen LogP contribution in [0.1, 0.15) is 16.7 Å². The largest absolute Gasteiger partial charge is 0.496 e. The Bertz CT molecular complexity index is 447. The highest BCUT2D eigenvalue weighted by Gasteiger charge is 2.11. The van der Waals surface area contributed by atoms with Crippen molar-refractivity contribution in [3.05, 3.63) is 28.8 Å². The summed E-state index contributed by atoms with van der Waals surface area (Å²) in [6, 6.07) is 3.31. The molecule has 0 amide bonds. The molecule has 0 saturated carbocycles. The van der Waals surface area contributed by atoms with Gasteiger partial charge in [-0.3, -0.25) is 4.79 Å². The molecular formula is C14H22N2O3. The van der Waals surface area contributed by atoms with Gasteiger partial charge >= 0.3 is 5.97 Å².